The molecule has 1 aromatic rings. The molecule has 0 radical (unpaired) electrons. The molecule has 1 amide bonds. The van der Waals surface area contributed by atoms with E-state index in [0.717, 1.165) is 17.5 Å². The fraction of sp³-hybridized carbons (Fsp3) is 0.550. The van der Waals surface area contributed by atoms with E-state index < -0.39 is 0 Å². The highest BCUT2D eigenvalue weighted by Crippen LogP contribution is 2.39. The van der Waals surface area contributed by atoms with Crippen LogP contribution in [0.1, 0.15) is 64.0 Å². The van der Waals surface area contributed by atoms with Gasteiger partial charge in [0.1, 0.15) is 0 Å². The van der Waals surface area contributed by atoms with Crippen molar-refractivity contribution in [2.24, 2.45) is 0 Å². The van der Waals surface area contributed by atoms with E-state index in [-0.39, 0.29) is 10.7 Å². The molecule has 0 spiro atoms. The summed E-state index contributed by atoms with van der Waals surface area (Å²) in [5.41, 5.74) is 2.22. The number of carbonyl (C=O) groups excluding carboxylic acids is 1. The van der Waals surface area contributed by atoms with E-state index in [0.29, 0.717) is 13.0 Å². The molecule has 0 aliphatic carbocycles. The molecule has 1 N–H and O–H groups in total. The first-order valence-corrected chi connectivity index (χ1v) is 11.1. The number of nitrogens with one attached hydrogen (secondary N) is 1. The number of hydrogen-bond acceptors (Lipinski definition) is 3. The predicted octanol–water partition coefficient (Wildman–Crippen LogP) is 6.08. The van der Waals surface area contributed by atoms with E-state index in [1.54, 1.807) is 0 Å². The van der Waals surface area contributed by atoms with Crippen LogP contribution in [-0.2, 0) is 11.3 Å². The fourth-order valence-corrected chi connectivity index (χ4v) is 4.85. The maximum atomic E-state index is 12.1. The van der Waals surface area contributed by atoms with Crippen molar-refractivity contribution in [2.75, 3.05) is 5.75 Å². The zero-order valence-corrected chi connectivity index (χ0v) is 16.9. The lowest BCUT2D eigenvalue weighted by Gasteiger charge is -2.22. The van der Waals surface area contributed by atoms with Crippen molar-refractivity contribution in [3.05, 3.63) is 42.0 Å². The Morgan fingerprint density at radius 2 is 1.96 bits per heavy atom. The quantitative estimate of drug-likeness (QED) is 0.360. The summed E-state index contributed by atoms with van der Waals surface area (Å²) in [5.74, 6) is 1.34. The van der Waals surface area contributed by atoms with Crippen LogP contribution in [0.5, 0.6) is 0 Å². The number of hydrogen-bond donors (Lipinski definition) is 1. The van der Waals surface area contributed by atoms with Crippen molar-refractivity contribution >= 4 is 33.6 Å². The standard InChI is InChI=1S/C20H31NOS2/c1-5-7-8-15-23-24-20(3,4)14-13-19(22)21-16-18-11-9-17(6-2)10-12-18/h6,9-12H,2,5,7-8,13-16H2,1,3-4H3,(H,21,22). The average molecular weight is 366 g/mol. The van der Waals surface area contributed by atoms with Gasteiger partial charge in [0.25, 0.3) is 0 Å². The smallest absolute Gasteiger partial charge is 0.220 e. The molecule has 0 saturated carbocycles. The number of amides is 1. The molecule has 0 bridgehead atoms. The van der Waals surface area contributed by atoms with Crippen molar-refractivity contribution in [3.63, 3.8) is 0 Å². The van der Waals surface area contributed by atoms with E-state index in [1.807, 2.05) is 51.9 Å². The molecular formula is C20H31NOS2. The Bertz CT molecular complexity index is 497. The number of carbonyl (C=O) groups is 1. The lowest BCUT2D eigenvalue weighted by atomic mass is 10.1. The van der Waals surface area contributed by atoms with Crippen molar-refractivity contribution < 1.29 is 4.79 Å². The van der Waals surface area contributed by atoms with E-state index in [9.17, 15) is 4.79 Å². The number of benzene rings is 1. The summed E-state index contributed by atoms with van der Waals surface area (Å²) >= 11 is 0. The van der Waals surface area contributed by atoms with Gasteiger partial charge in [-0.25, -0.2) is 0 Å². The topological polar surface area (TPSA) is 29.1 Å². The molecule has 0 unspecified atom stereocenters. The first kappa shape index (κ1) is 21.2. The highest BCUT2D eigenvalue weighted by atomic mass is 33.1. The Hall–Kier alpha value is -0.870. The summed E-state index contributed by atoms with van der Waals surface area (Å²) < 4.78 is 0.139. The normalized spacial score (nSPS) is 11.3. The summed E-state index contributed by atoms with van der Waals surface area (Å²) in [4.78, 5) is 12.1. The van der Waals surface area contributed by atoms with Gasteiger partial charge >= 0.3 is 0 Å². The van der Waals surface area contributed by atoms with Crippen molar-refractivity contribution in [1.29, 1.82) is 0 Å². The molecule has 134 valence electrons. The van der Waals surface area contributed by atoms with Gasteiger partial charge in [-0.1, -0.05) is 78.3 Å². The molecule has 0 aliphatic rings. The van der Waals surface area contributed by atoms with Crippen LogP contribution < -0.4 is 5.32 Å². The van der Waals surface area contributed by atoms with Crippen LogP contribution in [0.3, 0.4) is 0 Å². The molecule has 4 heteroatoms. The van der Waals surface area contributed by atoms with Gasteiger partial charge in [0.15, 0.2) is 0 Å². The zero-order chi connectivity index (χ0) is 17.8. The van der Waals surface area contributed by atoms with Gasteiger partial charge in [-0.2, -0.15) is 0 Å². The van der Waals surface area contributed by atoms with E-state index in [1.165, 1.54) is 25.0 Å². The second-order valence-corrected chi connectivity index (χ2v) is 9.72. The van der Waals surface area contributed by atoms with E-state index >= 15 is 0 Å². The Morgan fingerprint density at radius 1 is 1.25 bits per heavy atom. The molecule has 24 heavy (non-hydrogen) atoms. The second-order valence-electron chi connectivity index (χ2n) is 6.59. The van der Waals surface area contributed by atoms with Gasteiger partial charge in [-0.3, -0.25) is 4.79 Å². The van der Waals surface area contributed by atoms with Crippen LogP contribution in [0.25, 0.3) is 6.08 Å². The summed E-state index contributed by atoms with van der Waals surface area (Å²) in [6.45, 7) is 11.0. The van der Waals surface area contributed by atoms with Gasteiger partial charge in [0.2, 0.25) is 5.91 Å². The second kappa shape index (κ2) is 11.6. The van der Waals surface area contributed by atoms with Crippen molar-refractivity contribution in [1.82, 2.24) is 5.32 Å². The highest BCUT2D eigenvalue weighted by molar-refractivity contribution is 8.77. The average Bonchev–Trinajstić information content (AvgIpc) is 2.58. The Morgan fingerprint density at radius 3 is 2.58 bits per heavy atom. The minimum absolute atomic E-state index is 0.132. The summed E-state index contributed by atoms with van der Waals surface area (Å²) in [5, 5.41) is 3.01. The Labute approximate surface area is 155 Å². The summed E-state index contributed by atoms with van der Waals surface area (Å²) in [7, 11) is 3.86. The minimum Gasteiger partial charge on any atom is -0.352 e. The van der Waals surface area contributed by atoms with Crippen LogP contribution in [0, 0.1) is 0 Å². The van der Waals surface area contributed by atoms with Gasteiger partial charge in [-0.15, -0.1) is 0 Å². The van der Waals surface area contributed by atoms with Crippen LogP contribution in [0.15, 0.2) is 30.8 Å². The van der Waals surface area contributed by atoms with Crippen LogP contribution >= 0.6 is 21.6 Å². The third kappa shape index (κ3) is 9.43. The third-order valence-electron chi connectivity index (χ3n) is 3.77. The monoisotopic (exact) mass is 365 g/mol. The van der Waals surface area contributed by atoms with Gasteiger partial charge in [0, 0.05) is 23.5 Å². The molecule has 0 aliphatic heterocycles. The highest BCUT2D eigenvalue weighted by Gasteiger charge is 2.20. The van der Waals surface area contributed by atoms with E-state index in [2.05, 4.69) is 32.7 Å². The minimum atomic E-state index is 0.132. The van der Waals surface area contributed by atoms with Crippen LogP contribution in [0.4, 0.5) is 0 Å². The largest absolute Gasteiger partial charge is 0.352 e. The molecule has 1 aromatic carbocycles. The molecule has 0 saturated heterocycles. The molecule has 0 heterocycles. The summed E-state index contributed by atoms with van der Waals surface area (Å²) in [6.07, 6.45) is 7.17. The molecule has 0 fully saturated rings. The zero-order valence-electron chi connectivity index (χ0n) is 15.3. The first-order valence-electron chi connectivity index (χ1n) is 8.75. The molecular weight excluding hydrogens is 334 g/mol. The predicted molar refractivity (Wildman–Crippen MR) is 111 cm³/mol. The Balaban J connectivity index is 2.22. The maximum Gasteiger partial charge on any atom is 0.220 e. The fourth-order valence-electron chi connectivity index (χ4n) is 2.13. The van der Waals surface area contributed by atoms with Crippen LogP contribution in [0.2, 0.25) is 0 Å². The van der Waals surface area contributed by atoms with Gasteiger partial charge < -0.3 is 5.32 Å². The molecule has 0 atom stereocenters. The molecule has 2 nitrogen and oxygen atoms in total. The van der Waals surface area contributed by atoms with Crippen molar-refractivity contribution in [3.8, 4) is 0 Å². The SMILES string of the molecule is C=Cc1ccc(CNC(=O)CCC(C)(C)SSCCCCC)cc1. The summed E-state index contributed by atoms with van der Waals surface area (Å²) in [6, 6.07) is 8.10. The molecule has 0 aromatic heterocycles. The third-order valence-corrected chi connectivity index (χ3v) is 7.21. The number of rotatable bonds is 12. The Kier molecular flexibility index (Phi) is 10.3. The first-order chi connectivity index (χ1) is 11.5. The lowest BCUT2D eigenvalue weighted by Crippen LogP contribution is -2.25. The van der Waals surface area contributed by atoms with Crippen LogP contribution in [-0.4, -0.2) is 16.4 Å². The van der Waals surface area contributed by atoms with Crippen molar-refractivity contribution in [2.45, 2.75) is 64.2 Å². The number of unbranched alkanes of at least 4 members (excludes halogenated alkanes) is 2. The van der Waals surface area contributed by atoms with Gasteiger partial charge in [-0.05, 0) is 37.8 Å². The van der Waals surface area contributed by atoms with E-state index in [4.69, 9.17) is 0 Å². The van der Waals surface area contributed by atoms with Gasteiger partial charge in [0.05, 0.1) is 0 Å². The molecule has 1 rings (SSSR count). The maximum absolute atomic E-state index is 12.1. The lowest BCUT2D eigenvalue weighted by molar-refractivity contribution is -0.121.